The molecule has 4 aromatic rings. The van der Waals surface area contributed by atoms with Gasteiger partial charge in [0.2, 0.25) is 0 Å². The van der Waals surface area contributed by atoms with E-state index >= 15 is 0 Å². The first kappa shape index (κ1) is 21.1. The normalized spacial score (nSPS) is 10.6. The van der Waals surface area contributed by atoms with Crippen molar-refractivity contribution in [2.75, 3.05) is 5.32 Å². The number of thiazole rings is 1. The molecule has 7 heteroatoms. The molecule has 0 unspecified atom stereocenters. The van der Waals surface area contributed by atoms with Gasteiger partial charge in [-0.2, -0.15) is 0 Å². The number of nitrogens with zero attached hydrogens (tertiary/aromatic N) is 2. The van der Waals surface area contributed by atoms with Crippen LogP contribution < -0.4 is 10.1 Å². The third kappa shape index (κ3) is 6.16. The molecular weight excluding hydrogens is 426 g/mol. The number of amides is 1. The molecule has 0 fully saturated rings. The minimum absolute atomic E-state index is 0.175. The molecule has 0 radical (unpaired) electrons. The Morgan fingerprint density at radius 3 is 2.74 bits per heavy atom. The number of hydrogen-bond acceptors (Lipinski definition) is 6. The Labute approximate surface area is 189 Å². The highest BCUT2D eigenvalue weighted by molar-refractivity contribution is 7.98. The van der Waals surface area contributed by atoms with E-state index in [0.717, 1.165) is 27.0 Å². The van der Waals surface area contributed by atoms with Crippen LogP contribution in [0.25, 0.3) is 0 Å². The number of pyridine rings is 1. The van der Waals surface area contributed by atoms with Crippen LogP contribution in [0.5, 0.6) is 5.75 Å². The number of carbonyl (C=O) groups excluding carboxylic acids is 1. The summed E-state index contributed by atoms with van der Waals surface area (Å²) in [5.41, 5.74) is 3.36. The molecule has 2 aromatic heterocycles. The van der Waals surface area contributed by atoms with Crippen LogP contribution in [-0.2, 0) is 12.4 Å². The Balaban J connectivity index is 1.32. The third-order valence-corrected chi connectivity index (χ3v) is 6.30. The molecule has 2 aromatic carbocycles. The zero-order valence-corrected chi connectivity index (χ0v) is 18.6. The van der Waals surface area contributed by atoms with E-state index in [1.54, 1.807) is 41.4 Å². The Kier molecular flexibility index (Phi) is 6.96. The fourth-order valence-electron chi connectivity index (χ4n) is 2.85. The van der Waals surface area contributed by atoms with Crippen LogP contribution in [0.4, 0.5) is 5.69 Å². The topological polar surface area (TPSA) is 64.1 Å². The third-order valence-electron chi connectivity index (χ3n) is 4.39. The van der Waals surface area contributed by atoms with Gasteiger partial charge >= 0.3 is 0 Å². The molecule has 0 bridgehead atoms. The summed E-state index contributed by atoms with van der Waals surface area (Å²) in [7, 11) is 0. The fourth-order valence-corrected chi connectivity index (χ4v) is 4.28. The summed E-state index contributed by atoms with van der Waals surface area (Å²) in [6.07, 6.45) is 3.65. The maximum absolute atomic E-state index is 12.7. The highest BCUT2D eigenvalue weighted by Gasteiger charge is 2.08. The van der Waals surface area contributed by atoms with Crippen LogP contribution in [-0.4, -0.2) is 15.9 Å². The molecule has 0 spiro atoms. The van der Waals surface area contributed by atoms with Crippen molar-refractivity contribution in [2.45, 2.75) is 24.2 Å². The van der Waals surface area contributed by atoms with E-state index in [1.165, 1.54) is 5.56 Å². The van der Waals surface area contributed by atoms with Crippen molar-refractivity contribution in [1.82, 2.24) is 9.97 Å². The standard InChI is InChI=1S/C24H21N3O2S2/c1-17-26-21(16-30-17)14-29-22-6-2-5-19(12-22)24(28)27-20-7-9-23(10-8-20)31-15-18-4-3-11-25-13-18/h2-13,16H,14-15H2,1H3,(H,27,28). The van der Waals surface area contributed by atoms with Crippen molar-refractivity contribution in [1.29, 1.82) is 0 Å². The van der Waals surface area contributed by atoms with Gasteiger partial charge in [0.1, 0.15) is 12.4 Å². The maximum Gasteiger partial charge on any atom is 0.255 e. The lowest BCUT2D eigenvalue weighted by Crippen LogP contribution is -2.11. The maximum atomic E-state index is 12.7. The highest BCUT2D eigenvalue weighted by Crippen LogP contribution is 2.24. The van der Waals surface area contributed by atoms with E-state index in [1.807, 2.05) is 61.0 Å². The molecule has 1 N–H and O–H groups in total. The molecule has 2 heterocycles. The van der Waals surface area contributed by atoms with Gasteiger partial charge in [-0.05, 0) is 61.0 Å². The summed E-state index contributed by atoms with van der Waals surface area (Å²) < 4.78 is 5.78. The Hall–Kier alpha value is -3.16. The molecule has 1 amide bonds. The van der Waals surface area contributed by atoms with Crippen LogP contribution in [0.2, 0.25) is 0 Å². The number of rotatable bonds is 8. The number of benzene rings is 2. The number of ether oxygens (including phenoxy) is 1. The number of anilines is 1. The lowest BCUT2D eigenvalue weighted by molar-refractivity contribution is 0.102. The predicted molar refractivity (Wildman–Crippen MR) is 126 cm³/mol. The molecule has 0 atom stereocenters. The fraction of sp³-hybridized carbons (Fsp3) is 0.125. The number of nitrogens with one attached hydrogen (secondary N) is 1. The van der Waals surface area contributed by atoms with Crippen molar-refractivity contribution in [3.63, 3.8) is 0 Å². The molecule has 0 aliphatic heterocycles. The first-order valence-electron chi connectivity index (χ1n) is 9.73. The van der Waals surface area contributed by atoms with Gasteiger partial charge in [-0.3, -0.25) is 9.78 Å². The van der Waals surface area contributed by atoms with Crippen molar-refractivity contribution in [3.05, 3.63) is 100 Å². The minimum atomic E-state index is -0.175. The second-order valence-electron chi connectivity index (χ2n) is 6.80. The van der Waals surface area contributed by atoms with Gasteiger partial charge < -0.3 is 10.1 Å². The predicted octanol–water partition coefficient (Wildman–Crippen LogP) is 5.97. The van der Waals surface area contributed by atoms with Crippen LogP contribution in [0.15, 0.2) is 83.3 Å². The van der Waals surface area contributed by atoms with Gasteiger partial charge in [0, 0.05) is 39.7 Å². The second-order valence-corrected chi connectivity index (χ2v) is 8.91. The lowest BCUT2D eigenvalue weighted by Gasteiger charge is -2.09. The van der Waals surface area contributed by atoms with Crippen molar-refractivity contribution in [2.24, 2.45) is 0 Å². The zero-order chi connectivity index (χ0) is 21.5. The summed E-state index contributed by atoms with van der Waals surface area (Å²) >= 11 is 3.32. The van der Waals surface area contributed by atoms with E-state index in [9.17, 15) is 4.79 Å². The van der Waals surface area contributed by atoms with Gasteiger partial charge in [-0.1, -0.05) is 12.1 Å². The van der Waals surface area contributed by atoms with Crippen molar-refractivity contribution in [3.8, 4) is 5.75 Å². The lowest BCUT2D eigenvalue weighted by atomic mass is 10.2. The van der Waals surface area contributed by atoms with E-state index in [0.29, 0.717) is 17.9 Å². The second kappa shape index (κ2) is 10.2. The van der Waals surface area contributed by atoms with Crippen molar-refractivity contribution >= 4 is 34.7 Å². The van der Waals surface area contributed by atoms with Gasteiger partial charge in [0.25, 0.3) is 5.91 Å². The van der Waals surface area contributed by atoms with Gasteiger partial charge in [0.05, 0.1) is 10.7 Å². The monoisotopic (exact) mass is 447 g/mol. The summed E-state index contributed by atoms with van der Waals surface area (Å²) in [6.45, 7) is 2.35. The molecule has 0 saturated heterocycles. The first-order chi connectivity index (χ1) is 15.2. The summed E-state index contributed by atoms with van der Waals surface area (Å²) in [5.74, 6) is 1.32. The van der Waals surface area contributed by atoms with Gasteiger partial charge in [-0.15, -0.1) is 23.1 Å². The number of carbonyl (C=O) groups is 1. The number of hydrogen-bond donors (Lipinski definition) is 1. The smallest absolute Gasteiger partial charge is 0.255 e. The molecule has 0 saturated carbocycles. The Bertz CT molecular complexity index is 1140. The van der Waals surface area contributed by atoms with Crippen LogP contribution in [0, 0.1) is 6.92 Å². The molecular formula is C24H21N3O2S2. The molecule has 4 rings (SSSR count). The van der Waals surface area contributed by atoms with Crippen LogP contribution >= 0.6 is 23.1 Å². The summed E-state index contributed by atoms with van der Waals surface area (Å²) in [5, 5.41) is 5.92. The molecule has 31 heavy (non-hydrogen) atoms. The largest absolute Gasteiger partial charge is 0.487 e. The highest BCUT2D eigenvalue weighted by atomic mass is 32.2. The molecule has 0 aliphatic carbocycles. The summed E-state index contributed by atoms with van der Waals surface area (Å²) in [4.78, 5) is 22.3. The van der Waals surface area contributed by atoms with E-state index in [4.69, 9.17) is 4.74 Å². The SMILES string of the molecule is Cc1nc(COc2cccc(C(=O)Nc3ccc(SCc4cccnc4)cc3)c2)cs1. The first-order valence-corrected chi connectivity index (χ1v) is 11.6. The Morgan fingerprint density at radius 2 is 2.00 bits per heavy atom. The molecule has 156 valence electrons. The number of aryl methyl sites for hydroxylation is 1. The Morgan fingerprint density at radius 1 is 1.13 bits per heavy atom. The van der Waals surface area contributed by atoms with Crippen LogP contribution in [0.3, 0.4) is 0 Å². The quantitative estimate of drug-likeness (QED) is 0.337. The zero-order valence-electron chi connectivity index (χ0n) is 16.9. The van der Waals surface area contributed by atoms with E-state index in [-0.39, 0.29) is 5.91 Å². The van der Waals surface area contributed by atoms with E-state index < -0.39 is 0 Å². The average molecular weight is 448 g/mol. The van der Waals surface area contributed by atoms with Gasteiger partial charge in [0.15, 0.2) is 0 Å². The molecule has 5 nitrogen and oxygen atoms in total. The summed E-state index contributed by atoms with van der Waals surface area (Å²) in [6, 6.07) is 19.0. The minimum Gasteiger partial charge on any atom is -0.487 e. The number of thioether (sulfide) groups is 1. The molecule has 0 aliphatic rings. The van der Waals surface area contributed by atoms with E-state index in [2.05, 4.69) is 21.4 Å². The average Bonchev–Trinajstić information content (AvgIpc) is 3.23. The number of aromatic nitrogens is 2. The van der Waals surface area contributed by atoms with Crippen LogP contribution in [0.1, 0.15) is 26.6 Å². The van der Waals surface area contributed by atoms with Gasteiger partial charge in [-0.25, -0.2) is 4.98 Å². The van der Waals surface area contributed by atoms with Crippen molar-refractivity contribution < 1.29 is 9.53 Å².